The fourth-order valence-electron chi connectivity index (χ4n) is 5.73. The number of hydrogen-bond acceptors (Lipinski definition) is 1. The van der Waals surface area contributed by atoms with Gasteiger partial charge in [-0.1, -0.05) is 25.1 Å². The molecule has 3 aliphatic rings. The van der Waals surface area contributed by atoms with E-state index in [1.165, 1.54) is 55.7 Å². The van der Waals surface area contributed by atoms with Crippen LogP contribution in [0.3, 0.4) is 0 Å². The molecular formula is C21H27FO. The van der Waals surface area contributed by atoms with E-state index < -0.39 is 6.36 Å². The molecular weight excluding hydrogens is 287 g/mol. The summed E-state index contributed by atoms with van der Waals surface area (Å²) in [5, 5.41) is 0. The van der Waals surface area contributed by atoms with Gasteiger partial charge in [-0.25, -0.2) is 4.39 Å². The molecule has 5 atom stereocenters. The average molecular weight is 314 g/mol. The molecule has 0 heterocycles. The molecule has 3 aliphatic carbocycles. The minimum absolute atomic E-state index is 0.380. The Labute approximate surface area is 138 Å². The van der Waals surface area contributed by atoms with Gasteiger partial charge >= 0.3 is 0 Å². The Bertz CT molecular complexity index is 635. The van der Waals surface area contributed by atoms with Gasteiger partial charge in [0.25, 0.3) is 0 Å². The first-order valence-electron chi connectivity index (χ1n) is 9.11. The highest BCUT2D eigenvalue weighted by Gasteiger charge is 2.51. The van der Waals surface area contributed by atoms with Crippen LogP contribution in [0.15, 0.2) is 30.4 Å². The number of alkyl halides is 1. The van der Waals surface area contributed by atoms with Gasteiger partial charge in [0.05, 0.1) is 0 Å². The maximum atomic E-state index is 13.1. The number of rotatable bonds is 2. The predicted octanol–water partition coefficient (Wildman–Crippen LogP) is 5.79. The highest BCUT2D eigenvalue weighted by Crippen LogP contribution is 2.62. The van der Waals surface area contributed by atoms with Crippen LogP contribution >= 0.6 is 0 Å². The molecule has 0 aliphatic heterocycles. The zero-order valence-corrected chi connectivity index (χ0v) is 14.3. The van der Waals surface area contributed by atoms with Crippen molar-refractivity contribution in [3.63, 3.8) is 0 Å². The topological polar surface area (TPSA) is 9.23 Å². The van der Waals surface area contributed by atoms with Crippen LogP contribution in [0.4, 0.5) is 4.39 Å². The summed E-state index contributed by atoms with van der Waals surface area (Å²) in [7, 11) is 0. The lowest BCUT2D eigenvalue weighted by atomic mass is 9.55. The van der Waals surface area contributed by atoms with Gasteiger partial charge in [0.1, 0.15) is 5.75 Å². The van der Waals surface area contributed by atoms with E-state index in [2.05, 4.69) is 25.6 Å². The van der Waals surface area contributed by atoms with Crippen LogP contribution in [-0.4, -0.2) is 6.36 Å². The van der Waals surface area contributed by atoms with E-state index >= 15 is 0 Å². The molecule has 1 aromatic carbocycles. The molecule has 0 saturated heterocycles. The van der Waals surface area contributed by atoms with Crippen molar-refractivity contribution in [2.45, 2.75) is 64.6 Å². The van der Waals surface area contributed by atoms with Crippen molar-refractivity contribution in [3.8, 4) is 5.75 Å². The number of benzene rings is 1. The SMILES string of the molecule is C=C1CC[C@@H]2[C@@H]3CCc4cc(OC(C)F)ccc4[C@@H]3CC[C@]12C. The lowest BCUT2D eigenvalue weighted by molar-refractivity contribution is 0.0794. The van der Waals surface area contributed by atoms with Crippen LogP contribution in [0.5, 0.6) is 5.75 Å². The predicted molar refractivity (Wildman–Crippen MR) is 91.4 cm³/mol. The molecule has 0 N–H and O–H groups in total. The van der Waals surface area contributed by atoms with Crippen LogP contribution in [-0.2, 0) is 6.42 Å². The minimum atomic E-state index is -1.25. The highest BCUT2D eigenvalue weighted by atomic mass is 19.1. The van der Waals surface area contributed by atoms with E-state index in [4.69, 9.17) is 4.74 Å². The maximum absolute atomic E-state index is 13.1. The van der Waals surface area contributed by atoms with E-state index in [1.807, 2.05) is 6.07 Å². The molecule has 0 aromatic heterocycles. The summed E-state index contributed by atoms with van der Waals surface area (Å²) in [5.41, 5.74) is 4.75. The van der Waals surface area contributed by atoms with E-state index in [9.17, 15) is 4.39 Å². The molecule has 1 aromatic rings. The Balaban J connectivity index is 1.63. The molecule has 23 heavy (non-hydrogen) atoms. The third kappa shape index (κ3) is 2.33. The summed E-state index contributed by atoms with van der Waals surface area (Å²) in [6.45, 7) is 8.27. The lowest BCUT2D eigenvalue weighted by Crippen LogP contribution is -2.40. The van der Waals surface area contributed by atoms with Crippen LogP contribution in [0.1, 0.15) is 63.0 Å². The number of hydrogen-bond donors (Lipinski definition) is 0. The first-order chi connectivity index (χ1) is 11.0. The van der Waals surface area contributed by atoms with Gasteiger partial charge in [0, 0.05) is 6.92 Å². The number of aryl methyl sites for hydroxylation is 1. The summed E-state index contributed by atoms with van der Waals surface area (Å²) in [4.78, 5) is 0. The number of allylic oxidation sites excluding steroid dienone is 1. The van der Waals surface area contributed by atoms with Crippen molar-refractivity contribution in [2.24, 2.45) is 17.3 Å². The summed E-state index contributed by atoms with van der Waals surface area (Å²) >= 11 is 0. The molecule has 0 spiro atoms. The second-order valence-electron chi connectivity index (χ2n) is 8.04. The number of halogens is 1. The molecule has 0 bridgehead atoms. The largest absolute Gasteiger partial charge is 0.461 e. The third-order valence-corrected chi connectivity index (χ3v) is 6.95. The smallest absolute Gasteiger partial charge is 0.235 e. The summed E-state index contributed by atoms with van der Waals surface area (Å²) in [6, 6.07) is 6.23. The lowest BCUT2D eigenvalue weighted by Gasteiger charge is -2.49. The monoisotopic (exact) mass is 314 g/mol. The van der Waals surface area contributed by atoms with Crippen molar-refractivity contribution in [3.05, 3.63) is 41.5 Å². The Hall–Kier alpha value is -1.31. The second-order valence-corrected chi connectivity index (χ2v) is 8.04. The molecule has 2 saturated carbocycles. The number of ether oxygens (including phenoxy) is 1. The quantitative estimate of drug-likeness (QED) is 0.627. The Morgan fingerprint density at radius 2 is 2.09 bits per heavy atom. The third-order valence-electron chi connectivity index (χ3n) is 6.95. The van der Waals surface area contributed by atoms with Crippen LogP contribution < -0.4 is 4.74 Å². The Morgan fingerprint density at radius 3 is 2.87 bits per heavy atom. The normalized spacial score (nSPS) is 36.8. The maximum Gasteiger partial charge on any atom is 0.235 e. The molecule has 4 rings (SSSR count). The van der Waals surface area contributed by atoms with Gasteiger partial charge in [0.2, 0.25) is 6.36 Å². The van der Waals surface area contributed by atoms with Gasteiger partial charge < -0.3 is 4.74 Å². The molecule has 124 valence electrons. The summed E-state index contributed by atoms with van der Waals surface area (Å²) < 4.78 is 18.3. The average Bonchev–Trinajstić information content (AvgIpc) is 2.82. The Morgan fingerprint density at radius 1 is 1.26 bits per heavy atom. The zero-order chi connectivity index (χ0) is 16.2. The van der Waals surface area contributed by atoms with Crippen molar-refractivity contribution >= 4 is 0 Å². The zero-order valence-electron chi connectivity index (χ0n) is 14.3. The summed E-state index contributed by atoms with van der Waals surface area (Å²) in [5.74, 6) is 2.96. The molecule has 2 fully saturated rings. The van der Waals surface area contributed by atoms with Crippen LogP contribution in [0.25, 0.3) is 0 Å². The molecule has 0 radical (unpaired) electrons. The van der Waals surface area contributed by atoms with Crippen molar-refractivity contribution in [1.82, 2.24) is 0 Å². The first kappa shape index (κ1) is 15.2. The van der Waals surface area contributed by atoms with Gasteiger partial charge in [-0.3, -0.25) is 0 Å². The number of fused-ring (bicyclic) bond motifs is 5. The van der Waals surface area contributed by atoms with Gasteiger partial charge in [0.15, 0.2) is 0 Å². The standard InChI is InChI=1S/C21H27FO/c1-13-4-9-20-19-7-5-15-12-16(23-14(2)22)6-8-17(15)18(19)10-11-21(13,20)3/h6,8,12,14,18-20H,1,4-5,7,9-11H2,2-3H3/t14?,18-,19+,20+,21+/m0/s1. The molecule has 0 amide bonds. The second kappa shape index (κ2) is 5.36. The molecule has 1 unspecified atom stereocenters. The fraction of sp³-hybridized carbons (Fsp3) is 0.619. The van der Waals surface area contributed by atoms with Crippen molar-refractivity contribution in [1.29, 1.82) is 0 Å². The van der Waals surface area contributed by atoms with E-state index in [0.29, 0.717) is 17.1 Å². The minimum Gasteiger partial charge on any atom is -0.461 e. The fourth-order valence-corrected chi connectivity index (χ4v) is 5.73. The molecule has 1 nitrogen and oxygen atoms in total. The van der Waals surface area contributed by atoms with Crippen LogP contribution in [0.2, 0.25) is 0 Å². The Kier molecular flexibility index (Phi) is 3.55. The van der Waals surface area contributed by atoms with E-state index in [0.717, 1.165) is 18.3 Å². The van der Waals surface area contributed by atoms with E-state index in [-0.39, 0.29) is 0 Å². The summed E-state index contributed by atoms with van der Waals surface area (Å²) in [6.07, 6.45) is 6.21. The van der Waals surface area contributed by atoms with Crippen molar-refractivity contribution < 1.29 is 9.13 Å². The molecule has 2 heteroatoms. The first-order valence-corrected chi connectivity index (χ1v) is 9.11. The van der Waals surface area contributed by atoms with Gasteiger partial charge in [-0.15, -0.1) is 0 Å². The highest BCUT2D eigenvalue weighted by molar-refractivity contribution is 5.41. The van der Waals surface area contributed by atoms with E-state index in [1.54, 1.807) is 0 Å². The van der Waals surface area contributed by atoms with Gasteiger partial charge in [-0.05, 0) is 85.0 Å². The van der Waals surface area contributed by atoms with Gasteiger partial charge in [-0.2, -0.15) is 0 Å². The van der Waals surface area contributed by atoms with Crippen molar-refractivity contribution in [2.75, 3.05) is 0 Å². The van der Waals surface area contributed by atoms with Crippen LogP contribution in [0, 0.1) is 17.3 Å².